The van der Waals surface area contributed by atoms with Crippen LogP contribution < -0.4 is 0 Å². The predicted octanol–water partition coefficient (Wildman–Crippen LogP) is 2.17. The highest BCUT2D eigenvalue weighted by Crippen LogP contribution is 2.10. The molecule has 0 rings (SSSR count). The number of rotatable bonds is 4. The fourth-order valence-electron chi connectivity index (χ4n) is 0.859. The standard InChI is InChI=1S/C8H16.H2O/c1-4-7-8(5-2)6-3;/h5,8H,2,4,6-7H2,1,3H3;1H2. The van der Waals surface area contributed by atoms with Crippen molar-refractivity contribution in [1.29, 1.82) is 0 Å². The third kappa shape index (κ3) is 5.57. The van der Waals surface area contributed by atoms with Crippen LogP contribution >= 0.6 is 0 Å². The van der Waals surface area contributed by atoms with Crippen molar-refractivity contribution in [3.05, 3.63) is 12.7 Å². The highest BCUT2D eigenvalue weighted by atomic mass is 16.0. The zero-order valence-electron chi connectivity index (χ0n) is 6.48. The van der Waals surface area contributed by atoms with Crippen molar-refractivity contribution in [2.45, 2.75) is 33.1 Å². The Morgan fingerprint density at radius 1 is 1.44 bits per heavy atom. The molecule has 1 nitrogen and oxygen atoms in total. The highest BCUT2D eigenvalue weighted by Gasteiger charge is 1.95. The van der Waals surface area contributed by atoms with Crippen LogP contribution in [0.1, 0.15) is 33.1 Å². The maximum atomic E-state index is 3.75. The van der Waals surface area contributed by atoms with Gasteiger partial charge in [-0.2, -0.15) is 0 Å². The molecule has 9 heavy (non-hydrogen) atoms. The Morgan fingerprint density at radius 3 is 2.11 bits per heavy atom. The summed E-state index contributed by atoms with van der Waals surface area (Å²) in [4.78, 5) is 0. The molecular weight excluding hydrogens is 112 g/mol. The summed E-state index contributed by atoms with van der Waals surface area (Å²) in [7, 11) is 0. The Hall–Kier alpha value is -0.300. The van der Waals surface area contributed by atoms with E-state index in [2.05, 4.69) is 26.5 Å². The second-order valence-corrected chi connectivity index (χ2v) is 2.19. The molecule has 56 valence electrons. The van der Waals surface area contributed by atoms with Gasteiger partial charge >= 0.3 is 0 Å². The quantitative estimate of drug-likeness (QED) is 0.522. The molecule has 2 N–H and O–H groups in total. The van der Waals surface area contributed by atoms with Crippen molar-refractivity contribution >= 4 is 0 Å². The van der Waals surface area contributed by atoms with Crippen LogP contribution in [-0.4, -0.2) is 5.48 Å². The van der Waals surface area contributed by atoms with E-state index < -0.39 is 0 Å². The third-order valence-corrected chi connectivity index (χ3v) is 1.52. The molecule has 0 bridgehead atoms. The first-order valence-electron chi connectivity index (χ1n) is 3.47. The molecule has 1 heteroatoms. The van der Waals surface area contributed by atoms with Crippen molar-refractivity contribution in [1.82, 2.24) is 0 Å². The largest absolute Gasteiger partial charge is 0.412 e. The van der Waals surface area contributed by atoms with Crippen LogP contribution in [0.3, 0.4) is 0 Å². The average molecular weight is 130 g/mol. The van der Waals surface area contributed by atoms with Crippen molar-refractivity contribution in [3.63, 3.8) is 0 Å². The maximum absolute atomic E-state index is 3.75. The van der Waals surface area contributed by atoms with E-state index in [0.29, 0.717) is 0 Å². The topological polar surface area (TPSA) is 31.5 Å². The zero-order chi connectivity index (χ0) is 6.41. The van der Waals surface area contributed by atoms with Gasteiger partial charge in [-0.3, -0.25) is 0 Å². The summed E-state index contributed by atoms with van der Waals surface area (Å²) >= 11 is 0. The van der Waals surface area contributed by atoms with Gasteiger partial charge in [0.25, 0.3) is 0 Å². The van der Waals surface area contributed by atoms with Crippen LogP contribution in [0.5, 0.6) is 0 Å². The minimum Gasteiger partial charge on any atom is -0.412 e. The summed E-state index contributed by atoms with van der Waals surface area (Å²) in [5.74, 6) is 0.764. The fourth-order valence-corrected chi connectivity index (χ4v) is 0.859. The van der Waals surface area contributed by atoms with Crippen LogP contribution in [0.4, 0.5) is 0 Å². The lowest BCUT2D eigenvalue weighted by atomic mass is 10.0. The molecule has 0 heterocycles. The third-order valence-electron chi connectivity index (χ3n) is 1.52. The van der Waals surface area contributed by atoms with Gasteiger partial charge in [-0.25, -0.2) is 0 Å². The van der Waals surface area contributed by atoms with Gasteiger partial charge in [-0.1, -0.05) is 26.3 Å². The number of allylic oxidation sites excluding steroid dienone is 1. The average Bonchev–Trinajstić information content (AvgIpc) is 1.83. The van der Waals surface area contributed by atoms with E-state index in [4.69, 9.17) is 0 Å². The molecular formula is C8H18O. The molecule has 0 fully saturated rings. The summed E-state index contributed by atoms with van der Waals surface area (Å²) < 4.78 is 0. The van der Waals surface area contributed by atoms with E-state index in [-0.39, 0.29) is 5.48 Å². The molecule has 0 aliphatic heterocycles. The van der Waals surface area contributed by atoms with Gasteiger partial charge in [0.05, 0.1) is 0 Å². The molecule has 0 spiro atoms. The van der Waals surface area contributed by atoms with Gasteiger partial charge in [0.1, 0.15) is 0 Å². The van der Waals surface area contributed by atoms with Crippen LogP contribution in [0.15, 0.2) is 12.7 Å². The summed E-state index contributed by atoms with van der Waals surface area (Å²) in [6.45, 7) is 8.18. The Labute approximate surface area is 58.1 Å². The minimum absolute atomic E-state index is 0. The van der Waals surface area contributed by atoms with E-state index >= 15 is 0 Å². The SMILES string of the molecule is C=CC(CC)CCC.O. The predicted molar refractivity (Wildman–Crippen MR) is 42.5 cm³/mol. The lowest BCUT2D eigenvalue weighted by Crippen LogP contribution is -1.90. The molecule has 0 radical (unpaired) electrons. The van der Waals surface area contributed by atoms with Gasteiger partial charge < -0.3 is 5.48 Å². The van der Waals surface area contributed by atoms with Crippen LogP contribution in [0.2, 0.25) is 0 Å². The molecule has 0 saturated carbocycles. The molecule has 1 unspecified atom stereocenters. The summed E-state index contributed by atoms with van der Waals surface area (Å²) in [5, 5.41) is 0. The smallest absolute Gasteiger partial charge is 0.0239 e. The van der Waals surface area contributed by atoms with Crippen molar-refractivity contribution in [2.24, 2.45) is 5.92 Å². The normalized spacial score (nSPS) is 11.8. The zero-order valence-corrected chi connectivity index (χ0v) is 6.48. The number of hydrogen-bond acceptors (Lipinski definition) is 0. The highest BCUT2D eigenvalue weighted by molar-refractivity contribution is 4.76. The Balaban J connectivity index is 0. The Kier molecular flexibility index (Phi) is 9.83. The second-order valence-electron chi connectivity index (χ2n) is 2.19. The second kappa shape index (κ2) is 7.70. The van der Waals surface area contributed by atoms with E-state index in [9.17, 15) is 0 Å². The first kappa shape index (κ1) is 11.5. The Bertz CT molecular complexity index is 59.6. The molecule has 0 aromatic carbocycles. The van der Waals surface area contributed by atoms with E-state index in [1.54, 1.807) is 0 Å². The van der Waals surface area contributed by atoms with Gasteiger partial charge in [-0.15, -0.1) is 6.58 Å². The van der Waals surface area contributed by atoms with E-state index in [0.717, 1.165) is 5.92 Å². The molecule has 0 aliphatic carbocycles. The number of hydrogen-bond donors (Lipinski definition) is 0. The monoisotopic (exact) mass is 130 g/mol. The van der Waals surface area contributed by atoms with E-state index in [1.165, 1.54) is 19.3 Å². The van der Waals surface area contributed by atoms with Crippen LogP contribution in [-0.2, 0) is 0 Å². The summed E-state index contributed by atoms with van der Waals surface area (Å²) in [6, 6.07) is 0. The molecule has 0 aliphatic rings. The first-order valence-corrected chi connectivity index (χ1v) is 3.47. The summed E-state index contributed by atoms with van der Waals surface area (Å²) in [5.41, 5.74) is 0. The lowest BCUT2D eigenvalue weighted by molar-refractivity contribution is 0.564. The molecule has 0 aromatic rings. The van der Waals surface area contributed by atoms with Gasteiger partial charge in [0, 0.05) is 0 Å². The lowest BCUT2D eigenvalue weighted by Gasteiger charge is -2.04. The van der Waals surface area contributed by atoms with Crippen LogP contribution in [0.25, 0.3) is 0 Å². The van der Waals surface area contributed by atoms with Crippen LogP contribution in [0, 0.1) is 5.92 Å². The Morgan fingerprint density at radius 2 is 2.00 bits per heavy atom. The van der Waals surface area contributed by atoms with Gasteiger partial charge in [0.2, 0.25) is 0 Å². The van der Waals surface area contributed by atoms with Crippen molar-refractivity contribution < 1.29 is 5.48 Å². The summed E-state index contributed by atoms with van der Waals surface area (Å²) in [6.07, 6.45) is 5.89. The van der Waals surface area contributed by atoms with Gasteiger partial charge in [-0.05, 0) is 18.8 Å². The molecule has 0 aromatic heterocycles. The first-order chi connectivity index (χ1) is 3.85. The van der Waals surface area contributed by atoms with E-state index in [1.807, 2.05) is 0 Å². The molecule has 1 atom stereocenters. The molecule has 0 amide bonds. The van der Waals surface area contributed by atoms with Crippen molar-refractivity contribution in [3.8, 4) is 0 Å². The fraction of sp³-hybridized carbons (Fsp3) is 0.750. The minimum atomic E-state index is 0. The van der Waals surface area contributed by atoms with Crippen molar-refractivity contribution in [2.75, 3.05) is 0 Å². The maximum Gasteiger partial charge on any atom is -0.0239 e. The van der Waals surface area contributed by atoms with Gasteiger partial charge in [0.15, 0.2) is 0 Å². The molecule has 0 saturated heterocycles.